The summed E-state index contributed by atoms with van der Waals surface area (Å²) in [5.74, 6) is -0.134. The molecule has 0 fully saturated rings. The molecule has 0 saturated carbocycles. The summed E-state index contributed by atoms with van der Waals surface area (Å²) >= 11 is 8.79. The Morgan fingerprint density at radius 3 is 2.80 bits per heavy atom. The molecule has 6 heteroatoms. The predicted octanol–water partition coefficient (Wildman–Crippen LogP) is 4.91. The fraction of sp³-hybridized carbons (Fsp3) is 0.286. The van der Waals surface area contributed by atoms with Gasteiger partial charge in [0.25, 0.3) is 0 Å². The summed E-state index contributed by atoms with van der Waals surface area (Å²) in [6.45, 7) is 3.91. The van der Waals surface area contributed by atoms with E-state index in [0.29, 0.717) is 21.3 Å². The molecular formula is C14H14ClNO2S2. The quantitative estimate of drug-likeness (QED) is 0.793. The van der Waals surface area contributed by atoms with E-state index in [0.717, 1.165) is 9.90 Å². The molecule has 2 aromatic rings. The predicted molar refractivity (Wildman–Crippen MR) is 84.2 cm³/mol. The minimum Gasteiger partial charge on any atom is -0.477 e. The summed E-state index contributed by atoms with van der Waals surface area (Å²) in [5, 5.41) is 10.7. The van der Waals surface area contributed by atoms with Crippen molar-refractivity contribution in [3.8, 4) is 0 Å². The molecule has 0 atom stereocenters. The number of hydrogen-bond donors (Lipinski definition) is 1. The molecule has 1 N–H and O–H groups in total. The Morgan fingerprint density at radius 2 is 2.25 bits per heavy atom. The van der Waals surface area contributed by atoms with E-state index in [2.05, 4.69) is 4.98 Å². The SMILES string of the molecule is CC(C)c1nc(CSc2cccc(Cl)c2)sc1C(=O)O. The first-order valence-electron chi connectivity index (χ1n) is 6.08. The number of carboxylic acid groups (broad SMARTS) is 1. The fourth-order valence-electron chi connectivity index (χ4n) is 1.69. The second-order valence-electron chi connectivity index (χ2n) is 4.53. The lowest BCUT2D eigenvalue weighted by atomic mass is 10.1. The molecule has 0 amide bonds. The van der Waals surface area contributed by atoms with Crippen molar-refractivity contribution in [3.63, 3.8) is 0 Å². The first-order chi connectivity index (χ1) is 9.47. The number of rotatable bonds is 5. The molecule has 0 spiro atoms. The number of thioether (sulfide) groups is 1. The van der Waals surface area contributed by atoms with Gasteiger partial charge in [0.2, 0.25) is 0 Å². The highest BCUT2D eigenvalue weighted by Crippen LogP contribution is 2.30. The van der Waals surface area contributed by atoms with Crippen LogP contribution in [0.4, 0.5) is 0 Å². The van der Waals surface area contributed by atoms with Gasteiger partial charge < -0.3 is 5.11 Å². The molecule has 3 nitrogen and oxygen atoms in total. The van der Waals surface area contributed by atoms with E-state index in [4.69, 9.17) is 11.6 Å². The number of aromatic nitrogens is 1. The van der Waals surface area contributed by atoms with Crippen molar-refractivity contribution in [1.82, 2.24) is 4.98 Å². The zero-order valence-corrected chi connectivity index (χ0v) is 13.5. The molecule has 1 aromatic carbocycles. The van der Waals surface area contributed by atoms with Crippen molar-refractivity contribution >= 4 is 40.7 Å². The highest BCUT2D eigenvalue weighted by Gasteiger charge is 2.19. The van der Waals surface area contributed by atoms with E-state index < -0.39 is 5.97 Å². The Morgan fingerprint density at radius 1 is 1.50 bits per heavy atom. The van der Waals surface area contributed by atoms with Crippen LogP contribution in [0.2, 0.25) is 5.02 Å². The lowest BCUT2D eigenvalue weighted by Crippen LogP contribution is -2.00. The van der Waals surface area contributed by atoms with Crippen molar-refractivity contribution in [3.05, 3.63) is 44.9 Å². The summed E-state index contributed by atoms with van der Waals surface area (Å²) in [6, 6.07) is 7.59. The van der Waals surface area contributed by atoms with E-state index in [1.807, 2.05) is 38.1 Å². The molecule has 0 saturated heterocycles. The molecule has 0 bridgehead atoms. The maximum Gasteiger partial charge on any atom is 0.347 e. The largest absolute Gasteiger partial charge is 0.477 e. The Bertz CT molecular complexity index is 625. The summed E-state index contributed by atoms with van der Waals surface area (Å²) in [6.07, 6.45) is 0. The van der Waals surface area contributed by atoms with Gasteiger partial charge in [0.1, 0.15) is 9.88 Å². The van der Waals surface area contributed by atoms with Gasteiger partial charge in [0.15, 0.2) is 0 Å². The maximum atomic E-state index is 11.2. The molecule has 1 heterocycles. The van der Waals surface area contributed by atoms with Crippen molar-refractivity contribution < 1.29 is 9.90 Å². The van der Waals surface area contributed by atoms with E-state index in [9.17, 15) is 9.90 Å². The first kappa shape index (κ1) is 15.4. The summed E-state index contributed by atoms with van der Waals surface area (Å²) in [5.41, 5.74) is 0.671. The van der Waals surface area contributed by atoms with Crippen molar-refractivity contribution in [2.75, 3.05) is 0 Å². The van der Waals surface area contributed by atoms with Gasteiger partial charge in [0.05, 0.1) is 11.4 Å². The van der Waals surface area contributed by atoms with Gasteiger partial charge in [0, 0.05) is 9.92 Å². The van der Waals surface area contributed by atoms with Crippen LogP contribution in [0.25, 0.3) is 0 Å². The molecule has 106 valence electrons. The van der Waals surface area contributed by atoms with Gasteiger partial charge >= 0.3 is 5.97 Å². The monoisotopic (exact) mass is 327 g/mol. The molecule has 0 aliphatic carbocycles. The van der Waals surface area contributed by atoms with Crippen LogP contribution in [0.3, 0.4) is 0 Å². The Kier molecular flexibility index (Phi) is 5.07. The minimum atomic E-state index is -0.898. The third-order valence-corrected chi connectivity index (χ3v) is 5.08. The van der Waals surface area contributed by atoms with E-state index in [1.54, 1.807) is 11.8 Å². The van der Waals surface area contributed by atoms with Crippen molar-refractivity contribution in [2.45, 2.75) is 30.4 Å². The third kappa shape index (κ3) is 3.75. The number of carbonyl (C=O) groups is 1. The first-order valence-corrected chi connectivity index (χ1v) is 8.26. The van der Waals surface area contributed by atoms with Crippen LogP contribution in [0.5, 0.6) is 0 Å². The van der Waals surface area contributed by atoms with Crippen LogP contribution in [-0.2, 0) is 5.75 Å². The van der Waals surface area contributed by atoms with E-state index >= 15 is 0 Å². The van der Waals surface area contributed by atoms with Crippen LogP contribution in [0.1, 0.15) is 40.1 Å². The number of thiazole rings is 1. The molecule has 2 rings (SSSR count). The Balaban J connectivity index is 2.14. The third-order valence-electron chi connectivity index (χ3n) is 2.60. The standard InChI is InChI=1S/C14H14ClNO2S2/c1-8(2)12-13(14(17)18)20-11(16-12)7-19-10-5-3-4-9(15)6-10/h3-6,8H,7H2,1-2H3,(H,17,18). The van der Waals surface area contributed by atoms with Crippen molar-refractivity contribution in [1.29, 1.82) is 0 Å². The van der Waals surface area contributed by atoms with E-state index in [-0.39, 0.29) is 5.92 Å². The topological polar surface area (TPSA) is 50.2 Å². The minimum absolute atomic E-state index is 0.113. The number of aromatic carboxylic acids is 1. The van der Waals surface area contributed by atoms with Gasteiger partial charge in [-0.05, 0) is 24.1 Å². The lowest BCUT2D eigenvalue weighted by Gasteiger charge is -2.01. The Hall–Kier alpha value is -1.04. The summed E-state index contributed by atoms with van der Waals surface area (Å²) in [4.78, 5) is 17.1. The smallest absolute Gasteiger partial charge is 0.347 e. The van der Waals surface area contributed by atoms with Gasteiger partial charge in [-0.15, -0.1) is 23.1 Å². The number of carboxylic acids is 1. The normalized spacial score (nSPS) is 11.0. The average molecular weight is 328 g/mol. The highest BCUT2D eigenvalue weighted by atomic mass is 35.5. The fourth-order valence-corrected chi connectivity index (χ4v) is 3.95. The average Bonchev–Trinajstić information content (AvgIpc) is 2.81. The molecule has 1 aromatic heterocycles. The van der Waals surface area contributed by atoms with Crippen LogP contribution in [0.15, 0.2) is 29.2 Å². The zero-order valence-electron chi connectivity index (χ0n) is 11.1. The molecule has 0 radical (unpaired) electrons. The second-order valence-corrected chi connectivity index (χ2v) is 7.10. The van der Waals surface area contributed by atoms with E-state index in [1.165, 1.54) is 11.3 Å². The number of benzene rings is 1. The summed E-state index contributed by atoms with van der Waals surface area (Å²) in [7, 11) is 0. The second kappa shape index (κ2) is 6.61. The molecule has 0 aliphatic rings. The van der Waals surface area contributed by atoms with Crippen LogP contribution in [-0.4, -0.2) is 16.1 Å². The van der Waals surface area contributed by atoms with Gasteiger partial charge in [-0.3, -0.25) is 0 Å². The molecule has 0 aliphatic heterocycles. The molecule has 0 unspecified atom stereocenters. The van der Waals surface area contributed by atoms with Crippen LogP contribution < -0.4 is 0 Å². The van der Waals surface area contributed by atoms with Gasteiger partial charge in [-0.25, -0.2) is 9.78 Å². The molecule has 20 heavy (non-hydrogen) atoms. The zero-order chi connectivity index (χ0) is 14.7. The maximum absolute atomic E-state index is 11.2. The van der Waals surface area contributed by atoms with Crippen LogP contribution in [0, 0.1) is 0 Å². The number of nitrogens with zero attached hydrogens (tertiary/aromatic N) is 1. The van der Waals surface area contributed by atoms with Crippen molar-refractivity contribution in [2.24, 2.45) is 0 Å². The van der Waals surface area contributed by atoms with Crippen LogP contribution >= 0.6 is 34.7 Å². The molecular weight excluding hydrogens is 314 g/mol. The number of halogens is 1. The van der Waals surface area contributed by atoms with Gasteiger partial charge in [-0.1, -0.05) is 31.5 Å². The van der Waals surface area contributed by atoms with Gasteiger partial charge in [-0.2, -0.15) is 0 Å². The lowest BCUT2D eigenvalue weighted by molar-refractivity contribution is 0.0700. The summed E-state index contributed by atoms with van der Waals surface area (Å²) < 4.78 is 0. The number of hydrogen-bond acceptors (Lipinski definition) is 4. The highest BCUT2D eigenvalue weighted by molar-refractivity contribution is 7.98. The Labute approximate surface area is 131 Å².